The number of nitrogens with two attached hydrogens (primary N) is 1. The van der Waals surface area contributed by atoms with E-state index in [4.69, 9.17) is 10.5 Å². The zero-order chi connectivity index (χ0) is 15.5. The Labute approximate surface area is 129 Å². The summed E-state index contributed by atoms with van der Waals surface area (Å²) in [4.78, 5) is 2.57. The first kappa shape index (κ1) is 16.3. The fraction of sp³-hybridized carbons (Fsp3) is 0.667. The molecule has 3 nitrogen and oxygen atoms in total. The van der Waals surface area contributed by atoms with Crippen molar-refractivity contribution in [2.45, 2.75) is 52.1 Å². The van der Waals surface area contributed by atoms with Crippen molar-refractivity contribution >= 4 is 0 Å². The van der Waals surface area contributed by atoms with Gasteiger partial charge in [0.25, 0.3) is 0 Å². The van der Waals surface area contributed by atoms with Crippen LogP contribution in [0.25, 0.3) is 0 Å². The molecular weight excluding hydrogens is 260 g/mol. The maximum Gasteiger partial charge on any atom is 0.118 e. The summed E-state index contributed by atoms with van der Waals surface area (Å²) in [5.74, 6) is 0.905. The lowest BCUT2D eigenvalue weighted by atomic mass is 9.81. The van der Waals surface area contributed by atoms with E-state index in [0.717, 1.165) is 25.3 Å². The Kier molecular flexibility index (Phi) is 5.28. The average molecular weight is 290 g/mol. The van der Waals surface area contributed by atoms with Gasteiger partial charge >= 0.3 is 0 Å². The van der Waals surface area contributed by atoms with Gasteiger partial charge in [0.1, 0.15) is 5.75 Å². The fourth-order valence-corrected chi connectivity index (χ4v) is 3.16. The third-order valence-electron chi connectivity index (χ3n) is 4.88. The summed E-state index contributed by atoms with van der Waals surface area (Å²) < 4.78 is 5.26. The lowest BCUT2D eigenvalue weighted by molar-refractivity contribution is 0.0809. The lowest BCUT2D eigenvalue weighted by Crippen LogP contribution is -2.46. The second-order valence-electron chi connectivity index (χ2n) is 6.99. The predicted octanol–water partition coefficient (Wildman–Crippen LogP) is 3.60. The van der Waals surface area contributed by atoms with Gasteiger partial charge in [0.05, 0.1) is 7.11 Å². The topological polar surface area (TPSA) is 38.5 Å². The van der Waals surface area contributed by atoms with Crippen LogP contribution in [0.3, 0.4) is 0 Å². The molecule has 1 aromatic rings. The molecule has 1 fully saturated rings. The molecule has 0 amide bonds. The molecule has 1 aliphatic rings. The van der Waals surface area contributed by atoms with E-state index in [1.807, 2.05) is 12.1 Å². The lowest BCUT2D eigenvalue weighted by Gasteiger charge is -2.43. The second-order valence-corrected chi connectivity index (χ2v) is 6.99. The molecule has 0 saturated carbocycles. The van der Waals surface area contributed by atoms with Gasteiger partial charge in [-0.2, -0.15) is 0 Å². The predicted molar refractivity (Wildman–Crippen MR) is 88.6 cm³/mol. The van der Waals surface area contributed by atoms with Crippen LogP contribution in [0.15, 0.2) is 24.3 Å². The van der Waals surface area contributed by atoms with Crippen LogP contribution in [-0.4, -0.2) is 31.1 Å². The summed E-state index contributed by atoms with van der Waals surface area (Å²) in [5.41, 5.74) is 8.22. The summed E-state index contributed by atoms with van der Waals surface area (Å²) in [6.07, 6.45) is 3.49. The number of ether oxygens (including phenoxy) is 1. The molecule has 1 aromatic carbocycles. The molecule has 2 atom stereocenters. The van der Waals surface area contributed by atoms with E-state index in [2.05, 4.69) is 37.8 Å². The number of nitrogens with zero attached hydrogens (tertiary/aromatic N) is 1. The Balaban J connectivity index is 2.18. The number of rotatable bonds is 5. The van der Waals surface area contributed by atoms with Gasteiger partial charge in [-0.25, -0.2) is 0 Å². The van der Waals surface area contributed by atoms with E-state index < -0.39 is 0 Å². The molecule has 1 heterocycles. The van der Waals surface area contributed by atoms with Crippen molar-refractivity contribution in [1.82, 2.24) is 4.90 Å². The highest BCUT2D eigenvalue weighted by atomic mass is 16.5. The SMILES string of the molecule is CCC(N)C(c1ccc(OC)cc1)N1CCC(C)(C)CC1. The minimum absolute atomic E-state index is 0.180. The molecule has 0 bridgehead atoms. The van der Waals surface area contributed by atoms with Crippen molar-refractivity contribution in [2.75, 3.05) is 20.2 Å². The number of likely N-dealkylation sites (tertiary alicyclic amines) is 1. The molecular formula is C18H30N2O. The molecule has 118 valence electrons. The zero-order valence-corrected chi connectivity index (χ0v) is 13.9. The van der Waals surface area contributed by atoms with Crippen LogP contribution in [0.1, 0.15) is 51.6 Å². The van der Waals surface area contributed by atoms with Gasteiger partial charge in [0.2, 0.25) is 0 Å². The molecule has 2 N–H and O–H groups in total. The van der Waals surface area contributed by atoms with Crippen LogP contribution in [0.4, 0.5) is 0 Å². The maximum absolute atomic E-state index is 6.45. The molecule has 0 spiro atoms. The van der Waals surface area contributed by atoms with E-state index in [1.165, 1.54) is 18.4 Å². The first-order valence-corrected chi connectivity index (χ1v) is 8.10. The maximum atomic E-state index is 6.45. The van der Waals surface area contributed by atoms with Crippen molar-refractivity contribution in [3.05, 3.63) is 29.8 Å². The highest BCUT2D eigenvalue weighted by molar-refractivity contribution is 5.30. The zero-order valence-electron chi connectivity index (χ0n) is 13.9. The van der Waals surface area contributed by atoms with Crippen LogP contribution in [0, 0.1) is 5.41 Å². The fourth-order valence-electron chi connectivity index (χ4n) is 3.16. The Morgan fingerprint density at radius 1 is 1.19 bits per heavy atom. The molecule has 2 unspecified atom stereocenters. The smallest absolute Gasteiger partial charge is 0.118 e. The molecule has 21 heavy (non-hydrogen) atoms. The van der Waals surface area contributed by atoms with Crippen molar-refractivity contribution in [3.8, 4) is 5.75 Å². The molecule has 1 saturated heterocycles. The van der Waals surface area contributed by atoms with Gasteiger partial charge in [0.15, 0.2) is 0 Å². The van der Waals surface area contributed by atoms with Gasteiger partial charge < -0.3 is 10.5 Å². The van der Waals surface area contributed by atoms with E-state index in [9.17, 15) is 0 Å². The summed E-state index contributed by atoms with van der Waals surface area (Å²) in [6, 6.07) is 8.91. The van der Waals surface area contributed by atoms with Crippen LogP contribution >= 0.6 is 0 Å². The standard InChI is InChI=1S/C18H30N2O/c1-5-16(19)17(14-6-8-15(21-4)9-7-14)20-12-10-18(2,3)11-13-20/h6-9,16-17H,5,10-13,19H2,1-4H3. The Hall–Kier alpha value is -1.06. The van der Waals surface area contributed by atoms with Gasteiger partial charge in [-0.05, 0) is 55.5 Å². The number of methoxy groups -OCH3 is 1. The molecule has 0 radical (unpaired) electrons. The summed E-state index contributed by atoms with van der Waals surface area (Å²) in [5, 5.41) is 0. The first-order valence-electron chi connectivity index (χ1n) is 8.10. The Morgan fingerprint density at radius 2 is 1.76 bits per heavy atom. The van der Waals surface area contributed by atoms with Gasteiger partial charge in [-0.1, -0.05) is 32.9 Å². The van der Waals surface area contributed by atoms with E-state index >= 15 is 0 Å². The van der Waals surface area contributed by atoms with Crippen LogP contribution < -0.4 is 10.5 Å². The Morgan fingerprint density at radius 3 is 2.24 bits per heavy atom. The molecule has 2 rings (SSSR count). The van der Waals surface area contributed by atoms with E-state index in [1.54, 1.807) is 7.11 Å². The number of benzene rings is 1. The summed E-state index contributed by atoms with van der Waals surface area (Å²) in [6.45, 7) is 9.18. The largest absolute Gasteiger partial charge is 0.497 e. The van der Waals surface area contributed by atoms with Crippen molar-refractivity contribution in [2.24, 2.45) is 11.1 Å². The monoisotopic (exact) mass is 290 g/mol. The third-order valence-corrected chi connectivity index (χ3v) is 4.88. The van der Waals surface area contributed by atoms with Gasteiger partial charge in [-0.3, -0.25) is 4.90 Å². The molecule has 1 aliphatic heterocycles. The van der Waals surface area contributed by atoms with Crippen LogP contribution in [-0.2, 0) is 0 Å². The molecule has 3 heteroatoms. The summed E-state index contributed by atoms with van der Waals surface area (Å²) in [7, 11) is 1.71. The van der Waals surface area contributed by atoms with Crippen molar-refractivity contribution in [3.63, 3.8) is 0 Å². The second kappa shape index (κ2) is 6.80. The number of piperidine rings is 1. The number of hydrogen-bond acceptors (Lipinski definition) is 3. The third kappa shape index (κ3) is 3.98. The Bertz CT molecular complexity index is 431. The minimum Gasteiger partial charge on any atom is -0.497 e. The van der Waals surface area contributed by atoms with Crippen molar-refractivity contribution in [1.29, 1.82) is 0 Å². The van der Waals surface area contributed by atoms with Crippen LogP contribution in [0.2, 0.25) is 0 Å². The van der Waals surface area contributed by atoms with Gasteiger partial charge in [0, 0.05) is 12.1 Å². The first-order chi connectivity index (χ1) is 9.96. The highest BCUT2D eigenvalue weighted by Crippen LogP contribution is 2.35. The normalized spacial score (nSPS) is 21.8. The van der Waals surface area contributed by atoms with E-state index in [-0.39, 0.29) is 6.04 Å². The van der Waals surface area contributed by atoms with E-state index in [0.29, 0.717) is 11.5 Å². The highest BCUT2D eigenvalue weighted by Gasteiger charge is 2.32. The summed E-state index contributed by atoms with van der Waals surface area (Å²) >= 11 is 0. The quantitative estimate of drug-likeness (QED) is 0.900. The minimum atomic E-state index is 0.180. The van der Waals surface area contributed by atoms with Crippen molar-refractivity contribution < 1.29 is 4.74 Å². The van der Waals surface area contributed by atoms with Crippen LogP contribution in [0.5, 0.6) is 5.75 Å². The van der Waals surface area contributed by atoms with Gasteiger partial charge in [-0.15, -0.1) is 0 Å². The average Bonchev–Trinajstić information content (AvgIpc) is 2.49. The number of hydrogen-bond donors (Lipinski definition) is 1. The molecule has 0 aliphatic carbocycles. The molecule has 0 aromatic heterocycles.